The van der Waals surface area contributed by atoms with E-state index < -0.39 is 5.60 Å². The van der Waals surface area contributed by atoms with Gasteiger partial charge in [-0.15, -0.1) is 0 Å². The molecule has 2 aliphatic rings. The molecule has 0 unspecified atom stereocenters. The quantitative estimate of drug-likeness (QED) is 0.689. The highest BCUT2D eigenvalue weighted by molar-refractivity contribution is 6.31. The molecule has 1 aromatic rings. The molecule has 31 heavy (non-hydrogen) atoms. The Bertz CT molecular complexity index is 815. The minimum atomic E-state index is -1.06. The van der Waals surface area contributed by atoms with Gasteiger partial charge in [-0.2, -0.15) is 0 Å². The van der Waals surface area contributed by atoms with E-state index in [4.69, 9.17) is 11.6 Å². The molecule has 1 aliphatic heterocycles. The molecular weight excluding hydrogens is 414 g/mol. The molecule has 1 atom stereocenters. The molecule has 3 rings (SSSR count). The second-order valence-electron chi connectivity index (χ2n) is 9.87. The number of aliphatic hydroxyl groups is 1. The van der Waals surface area contributed by atoms with Gasteiger partial charge in [0.15, 0.2) is 0 Å². The first-order chi connectivity index (χ1) is 14.5. The number of nitrogens with zero attached hydrogens (tertiary/aromatic N) is 2. The first-order valence-electron chi connectivity index (χ1n) is 11.4. The third-order valence-corrected chi connectivity index (χ3v) is 6.66. The van der Waals surface area contributed by atoms with Crippen LogP contribution >= 0.6 is 11.6 Å². The Morgan fingerprint density at radius 1 is 1.23 bits per heavy atom. The zero-order valence-corrected chi connectivity index (χ0v) is 20.0. The molecule has 1 saturated heterocycles. The van der Waals surface area contributed by atoms with E-state index in [1.54, 1.807) is 19.9 Å². The Labute approximate surface area is 190 Å². The number of hydrogen-bond acceptors (Lipinski definition) is 4. The first-order valence-corrected chi connectivity index (χ1v) is 11.8. The number of nitrogens with one attached hydrogen (secondary N) is 1. The van der Waals surface area contributed by atoms with Gasteiger partial charge in [0, 0.05) is 48.8 Å². The summed E-state index contributed by atoms with van der Waals surface area (Å²) in [7, 11) is 0. The van der Waals surface area contributed by atoms with Gasteiger partial charge in [-0.3, -0.25) is 14.5 Å². The Hall–Kier alpha value is -1.63. The lowest BCUT2D eigenvalue weighted by Crippen LogP contribution is -2.54. The molecule has 1 aromatic carbocycles. The van der Waals surface area contributed by atoms with Crippen LogP contribution in [0.15, 0.2) is 12.1 Å². The van der Waals surface area contributed by atoms with Crippen LogP contribution in [0.25, 0.3) is 0 Å². The van der Waals surface area contributed by atoms with Crippen molar-refractivity contribution in [2.75, 3.05) is 25.0 Å². The van der Waals surface area contributed by atoms with Crippen molar-refractivity contribution in [3.8, 4) is 0 Å². The van der Waals surface area contributed by atoms with Crippen LogP contribution < -0.4 is 5.32 Å². The molecule has 7 heteroatoms. The van der Waals surface area contributed by atoms with E-state index in [2.05, 4.69) is 22.0 Å². The first kappa shape index (κ1) is 24.0. The molecule has 6 nitrogen and oxygen atoms in total. The zero-order chi connectivity index (χ0) is 22.8. The smallest absolute Gasteiger partial charge is 0.227 e. The maximum atomic E-state index is 12.9. The lowest BCUT2D eigenvalue weighted by molar-refractivity contribution is -0.140. The Kier molecular flexibility index (Phi) is 7.66. The van der Waals surface area contributed by atoms with Crippen molar-refractivity contribution in [2.24, 2.45) is 5.92 Å². The number of halogens is 1. The van der Waals surface area contributed by atoms with E-state index in [1.165, 1.54) is 12.8 Å². The van der Waals surface area contributed by atoms with Gasteiger partial charge in [-0.25, -0.2) is 0 Å². The minimum Gasteiger partial charge on any atom is -0.390 e. The van der Waals surface area contributed by atoms with Crippen molar-refractivity contribution in [3.63, 3.8) is 0 Å². The molecule has 0 radical (unpaired) electrons. The van der Waals surface area contributed by atoms with E-state index in [9.17, 15) is 14.7 Å². The fraction of sp³-hybridized carbons (Fsp3) is 0.667. The third-order valence-electron chi connectivity index (χ3n) is 6.44. The highest BCUT2D eigenvalue weighted by atomic mass is 35.5. The minimum absolute atomic E-state index is 0.0167. The number of amides is 2. The van der Waals surface area contributed by atoms with Gasteiger partial charge in [-0.1, -0.05) is 24.4 Å². The van der Waals surface area contributed by atoms with Gasteiger partial charge in [0.1, 0.15) is 0 Å². The second-order valence-corrected chi connectivity index (χ2v) is 10.3. The summed E-state index contributed by atoms with van der Waals surface area (Å²) in [5.41, 5.74) is 1.66. The molecule has 0 bridgehead atoms. The average Bonchev–Trinajstić information content (AvgIpc) is 3.18. The van der Waals surface area contributed by atoms with Gasteiger partial charge in [-0.05, 0) is 63.8 Å². The highest BCUT2D eigenvalue weighted by Crippen LogP contribution is 2.30. The number of hydrogen-bond donors (Lipinski definition) is 2. The van der Waals surface area contributed by atoms with Crippen molar-refractivity contribution in [1.82, 2.24) is 9.80 Å². The van der Waals surface area contributed by atoms with E-state index in [-0.39, 0.29) is 24.3 Å². The van der Waals surface area contributed by atoms with E-state index in [0.717, 1.165) is 50.1 Å². The summed E-state index contributed by atoms with van der Waals surface area (Å²) in [5, 5.41) is 13.4. The van der Waals surface area contributed by atoms with Crippen LogP contribution in [0.2, 0.25) is 5.02 Å². The van der Waals surface area contributed by atoms with Crippen molar-refractivity contribution in [1.29, 1.82) is 0 Å². The maximum absolute atomic E-state index is 12.9. The van der Waals surface area contributed by atoms with Crippen LogP contribution in [0, 0.1) is 12.8 Å². The fourth-order valence-corrected chi connectivity index (χ4v) is 5.01. The monoisotopic (exact) mass is 449 g/mol. The molecule has 2 N–H and O–H groups in total. The SMILES string of the molecule is Cc1c(CN2CCN(C(=O)C3CCCC3)[C@@H](C)C2)cc(Cl)cc1NC(=O)CC(C)(C)O. The number of benzene rings is 1. The number of anilines is 1. The Balaban J connectivity index is 1.64. The van der Waals surface area contributed by atoms with Crippen LogP contribution in [0.4, 0.5) is 5.69 Å². The fourth-order valence-electron chi connectivity index (χ4n) is 4.77. The maximum Gasteiger partial charge on any atom is 0.227 e. The van der Waals surface area contributed by atoms with E-state index in [0.29, 0.717) is 16.6 Å². The summed E-state index contributed by atoms with van der Waals surface area (Å²) < 4.78 is 0. The van der Waals surface area contributed by atoms with Crippen molar-refractivity contribution in [2.45, 2.75) is 78.0 Å². The standard InChI is InChI=1S/C24H36ClN3O3/c1-16-14-27(9-10-28(16)23(30)18-7-5-6-8-18)15-19-11-20(25)12-21(17(19)2)26-22(29)13-24(3,4)31/h11-12,16,18,31H,5-10,13-15H2,1-4H3,(H,26,29)/t16-/m0/s1. The number of carbonyl (C=O) groups is 2. The van der Waals surface area contributed by atoms with E-state index >= 15 is 0 Å². The zero-order valence-electron chi connectivity index (χ0n) is 19.2. The summed E-state index contributed by atoms with van der Waals surface area (Å²) in [4.78, 5) is 29.6. The average molecular weight is 450 g/mol. The largest absolute Gasteiger partial charge is 0.390 e. The summed E-state index contributed by atoms with van der Waals surface area (Å²) in [6, 6.07) is 3.89. The molecule has 0 aromatic heterocycles. The van der Waals surface area contributed by atoms with Gasteiger partial charge in [0.2, 0.25) is 11.8 Å². The van der Waals surface area contributed by atoms with Crippen molar-refractivity contribution < 1.29 is 14.7 Å². The van der Waals surface area contributed by atoms with Gasteiger partial charge in [0.25, 0.3) is 0 Å². The molecule has 1 aliphatic carbocycles. The van der Waals surface area contributed by atoms with Crippen LogP contribution in [0.1, 0.15) is 64.0 Å². The molecule has 1 heterocycles. The Morgan fingerprint density at radius 3 is 2.52 bits per heavy atom. The lowest BCUT2D eigenvalue weighted by atomic mass is 10.0. The predicted molar refractivity (Wildman–Crippen MR) is 124 cm³/mol. The molecule has 172 valence electrons. The van der Waals surface area contributed by atoms with Crippen LogP contribution in [-0.2, 0) is 16.1 Å². The van der Waals surface area contributed by atoms with Crippen LogP contribution in [0.5, 0.6) is 0 Å². The third kappa shape index (κ3) is 6.43. The lowest BCUT2D eigenvalue weighted by Gasteiger charge is -2.41. The topological polar surface area (TPSA) is 72.9 Å². The van der Waals surface area contributed by atoms with Gasteiger partial charge in [0.05, 0.1) is 12.0 Å². The van der Waals surface area contributed by atoms with Crippen LogP contribution in [-0.4, -0.2) is 58.0 Å². The summed E-state index contributed by atoms with van der Waals surface area (Å²) in [6.07, 6.45) is 4.44. The van der Waals surface area contributed by atoms with E-state index in [1.807, 2.05) is 13.0 Å². The van der Waals surface area contributed by atoms with Gasteiger partial charge < -0.3 is 15.3 Å². The molecule has 2 amide bonds. The van der Waals surface area contributed by atoms with Crippen molar-refractivity contribution >= 4 is 29.1 Å². The highest BCUT2D eigenvalue weighted by Gasteiger charge is 2.33. The summed E-state index contributed by atoms with van der Waals surface area (Å²) in [6.45, 7) is 10.5. The molecule has 0 spiro atoms. The molecule has 2 fully saturated rings. The molecular formula is C24H36ClN3O3. The van der Waals surface area contributed by atoms with Gasteiger partial charge >= 0.3 is 0 Å². The van der Waals surface area contributed by atoms with Crippen LogP contribution in [0.3, 0.4) is 0 Å². The molecule has 1 saturated carbocycles. The Morgan fingerprint density at radius 2 is 1.90 bits per heavy atom. The number of rotatable bonds is 6. The normalized spacial score (nSPS) is 20.8. The summed E-state index contributed by atoms with van der Waals surface area (Å²) >= 11 is 6.35. The summed E-state index contributed by atoms with van der Waals surface area (Å²) in [5.74, 6) is 0.316. The number of carbonyl (C=O) groups excluding carboxylic acids is 2. The van der Waals surface area contributed by atoms with Crippen molar-refractivity contribution in [3.05, 3.63) is 28.3 Å². The number of piperazine rings is 1. The predicted octanol–water partition coefficient (Wildman–Crippen LogP) is 3.97. The second kappa shape index (κ2) is 9.88.